The summed E-state index contributed by atoms with van der Waals surface area (Å²) in [6.45, 7) is 2.80. The molecule has 4 nitrogen and oxygen atoms in total. The van der Waals surface area contributed by atoms with Crippen LogP contribution in [0, 0.1) is 23.7 Å². The van der Waals surface area contributed by atoms with Crippen LogP contribution < -0.4 is 0 Å². The highest BCUT2D eigenvalue weighted by atomic mass is 35.5. The fourth-order valence-electron chi connectivity index (χ4n) is 2.44. The molecule has 1 aliphatic rings. The highest BCUT2D eigenvalue weighted by Gasteiger charge is 2.43. The van der Waals surface area contributed by atoms with Gasteiger partial charge in [0, 0.05) is 29.0 Å². The third kappa shape index (κ3) is 2.41. The zero-order valence-corrected chi connectivity index (χ0v) is 12.1. The second-order valence-corrected chi connectivity index (χ2v) is 5.96. The van der Waals surface area contributed by atoms with Crippen molar-refractivity contribution in [2.24, 2.45) is 5.41 Å². The fraction of sp³-hybridized carbons (Fsp3) is 0.400. The summed E-state index contributed by atoms with van der Waals surface area (Å²) in [5.41, 5.74) is 3.07. The maximum atomic E-state index is 8.89. The van der Waals surface area contributed by atoms with E-state index in [1.165, 1.54) is 0 Å². The Morgan fingerprint density at radius 1 is 1.35 bits per heavy atom. The molecule has 0 amide bonds. The third-order valence-corrected chi connectivity index (χ3v) is 4.25. The quantitative estimate of drug-likeness (QED) is 0.863. The molecular weight excluding hydrogens is 272 g/mol. The molecule has 3 rings (SSSR count). The smallest absolute Gasteiger partial charge is 0.115 e. The second-order valence-electron chi connectivity index (χ2n) is 5.52. The monoisotopic (exact) mass is 286 g/mol. The van der Waals surface area contributed by atoms with E-state index in [9.17, 15) is 0 Å². The van der Waals surface area contributed by atoms with E-state index < -0.39 is 0 Å². The predicted octanol–water partition coefficient (Wildman–Crippen LogP) is 3.60. The molecule has 1 fully saturated rings. The Labute approximate surface area is 123 Å². The molecule has 5 heteroatoms. The van der Waals surface area contributed by atoms with Gasteiger partial charge in [-0.3, -0.25) is 0 Å². The van der Waals surface area contributed by atoms with Crippen molar-refractivity contribution in [2.75, 3.05) is 0 Å². The van der Waals surface area contributed by atoms with E-state index in [1.54, 1.807) is 0 Å². The molecule has 0 saturated heterocycles. The van der Waals surface area contributed by atoms with Gasteiger partial charge in [0.2, 0.25) is 0 Å². The molecule has 1 aliphatic carbocycles. The Morgan fingerprint density at radius 3 is 2.65 bits per heavy atom. The van der Waals surface area contributed by atoms with E-state index in [1.807, 2.05) is 35.9 Å². The Bertz CT molecular complexity index is 662. The van der Waals surface area contributed by atoms with Crippen LogP contribution in [0.25, 0.3) is 11.3 Å². The maximum Gasteiger partial charge on any atom is 0.115 e. The minimum absolute atomic E-state index is 0.129. The Balaban J connectivity index is 1.86. The number of hydrogen-bond acceptors (Lipinski definition) is 3. The number of nitriles is 1. The van der Waals surface area contributed by atoms with Crippen molar-refractivity contribution in [3.63, 3.8) is 0 Å². The molecule has 0 radical (unpaired) electrons. The van der Waals surface area contributed by atoms with Crippen LogP contribution in [0.15, 0.2) is 24.3 Å². The van der Waals surface area contributed by atoms with Crippen LogP contribution in [-0.4, -0.2) is 15.0 Å². The van der Waals surface area contributed by atoms with E-state index in [0.29, 0.717) is 11.4 Å². The van der Waals surface area contributed by atoms with Crippen molar-refractivity contribution in [2.45, 2.75) is 32.7 Å². The maximum absolute atomic E-state index is 8.89. The van der Waals surface area contributed by atoms with Gasteiger partial charge >= 0.3 is 0 Å². The van der Waals surface area contributed by atoms with E-state index >= 15 is 0 Å². The summed E-state index contributed by atoms with van der Waals surface area (Å²) < 4.78 is 1.92. The Morgan fingerprint density at radius 2 is 2.05 bits per heavy atom. The van der Waals surface area contributed by atoms with Crippen molar-refractivity contribution in [3.8, 4) is 17.3 Å². The minimum Gasteiger partial charge on any atom is -0.248 e. The molecule has 1 aromatic carbocycles. The summed E-state index contributed by atoms with van der Waals surface area (Å²) in [5.74, 6) is 0. The highest BCUT2D eigenvalue weighted by molar-refractivity contribution is 6.30. The summed E-state index contributed by atoms with van der Waals surface area (Å²) in [6.07, 6.45) is 2.81. The summed E-state index contributed by atoms with van der Waals surface area (Å²) >= 11 is 5.90. The van der Waals surface area contributed by atoms with E-state index in [2.05, 4.69) is 16.4 Å². The van der Waals surface area contributed by atoms with E-state index in [-0.39, 0.29) is 5.41 Å². The van der Waals surface area contributed by atoms with Crippen molar-refractivity contribution < 1.29 is 0 Å². The topological polar surface area (TPSA) is 54.5 Å². The van der Waals surface area contributed by atoms with Gasteiger partial charge in [0.05, 0.1) is 11.8 Å². The lowest BCUT2D eigenvalue weighted by atomic mass is 10.0. The number of hydrogen-bond donors (Lipinski definition) is 0. The predicted molar refractivity (Wildman–Crippen MR) is 77.1 cm³/mol. The van der Waals surface area contributed by atoms with Crippen molar-refractivity contribution >= 4 is 11.6 Å². The molecule has 102 valence electrons. The molecule has 0 atom stereocenters. The average Bonchev–Trinajstić information content (AvgIpc) is 3.10. The van der Waals surface area contributed by atoms with Crippen molar-refractivity contribution in [3.05, 3.63) is 35.0 Å². The van der Waals surface area contributed by atoms with Crippen LogP contribution in [0.4, 0.5) is 0 Å². The van der Waals surface area contributed by atoms with Gasteiger partial charge in [-0.05, 0) is 31.9 Å². The lowest BCUT2D eigenvalue weighted by molar-refractivity contribution is 0.392. The summed E-state index contributed by atoms with van der Waals surface area (Å²) in [4.78, 5) is 0. The standard InChI is InChI=1S/C15H15ClN4/c1-11-14(12-2-4-13(16)5-3-12)18-19-20(11)10-15(6-7-15)8-9-17/h2-5H,6-8,10H2,1H3. The summed E-state index contributed by atoms with van der Waals surface area (Å²) in [5, 5.41) is 18.1. The first-order chi connectivity index (χ1) is 9.63. The van der Waals surface area contributed by atoms with Crippen molar-refractivity contribution in [1.29, 1.82) is 5.26 Å². The minimum atomic E-state index is 0.129. The zero-order valence-electron chi connectivity index (χ0n) is 11.3. The number of nitrogens with zero attached hydrogens (tertiary/aromatic N) is 4. The molecule has 1 saturated carbocycles. The molecule has 1 aromatic heterocycles. The van der Waals surface area contributed by atoms with Gasteiger partial charge in [0.1, 0.15) is 5.69 Å². The molecule has 0 aliphatic heterocycles. The zero-order chi connectivity index (χ0) is 14.2. The number of rotatable bonds is 4. The SMILES string of the molecule is Cc1c(-c2ccc(Cl)cc2)nnn1CC1(CC#N)CC1. The lowest BCUT2D eigenvalue weighted by Gasteiger charge is -2.11. The summed E-state index contributed by atoms with van der Waals surface area (Å²) in [7, 11) is 0. The van der Waals surface area contributed by atoms with Crippen molar-refractivity contribution in [1.82, 2.24) is 15.0 Å². The molecule has 0 unspecified atom stereocenters. The lowest BCUT2D eigenvalue weighted by Crippen LogP contribution is -2.13. The van der Waals surface area contributed by atoms with Gasteiger partial charge in [-0.25, -0.2) is 4.68 Å². The fourth-order valence-corrected chi connectivity index (χ4v) is 2.56. The van der Waals surface area contributed by atoms with Gasteiger partial charge in [-0.1, -0.05) is 28.9 Å². The molecule has 2 aromatic rings. The van der Waals surface area contributed by atoms with E-state index in [4.69, 9.17) is 16.9 Å². The first-order valence-corrected chi connectivity index (χ1v) is 7.04. The van der Waals surface area contributed by atoms with Crippen LogP contribution in [0.3, 0.4) is 0 Å². The largest absolute Gasteiger partial charge is 0.248 e. The highest BCUT2D eigenvalue weighted by Crippen LogP contribution is 2.50. The van der Waals surface area contributed by atoms with Gasteiger partial charge in [0.25, 0.3) is 0 Å². The van der Waals surface area contributed by atoms with Gasteiger partial charge < -0.3 is 0 Å². The molecule has 0 spiro atoms. The van der Waals surface area contributed by atoms with Crippen LogP contribution in [0.1, 0.15) is 25.0 Å². The third-order valence-electron chi connectivity index (χ3n) is 4.00. The average molecular weight is 287 g/mol. The van der Waals surface area contributed by atoms with Crippen LogP contribution >= 0.6 is 11.6 Å². The van der Waals surface area contributed by atoms with Gasteiger partial charge in [0.15, 0.2) is 0 Å². The number of halogens is 1. The molecule has 1 heterocycles. The number of benzene rings is 1. The first-order valence-electron chi connectivity index (χ1n) is 6.67. The van der Waals surface area contributed by atoms with Crippen LogP contribution in [-0.2, 0) is 6.54 Å². The molecule has 0 N–H and O–H groups in total. The van der Waals surface area contributed by atoms with Crippen LogP contribution in [0.2, 0.25) is 5.02 Å². The normalized spacial score (nSPS) is 15.8. The molecule has 0 bridgehead atoms. The van der Waals surface area contributed by atoms with Gasteiger partial charge in [-0.15, -0.1) is 5.10 Å². The number of aromatic nitrogens is 3. The first kappa shape index (κ1) is 13.1. The van der Waals surface area contributed by atoms with E-state index in [0.717, 1.165) is 36.3 Å². The molecular formula is C15H15ClN4. The summed E-state index contributed by atoms with van der Waals surface area (Å²) in [6, 6.07) is 9.89. The Hall–Kier alpha value is -1.86. The molecule has 20 heavy (non-hydrogen) atoms. The second kappa shape index (κ2) is 4.92. The van der Waals surface area contributed by atoms with Crippen LogP contribution in [0.5, 0.6) is 0 Å². The Kier molecular flexibility index (Phi) is 3.23. The van der Waals surface area contributed by atoms with Gasteiger partial charge in [-0.2, -0.15) is 5.26 Å².